The van der Waals surface area contributed by atoms with E-state index in [2.05, 4.69) is 13.2 Å². The number of hydrogen-bond acceptors (Lipinski definition) is 5. The molecule has 4 aromatic rings. The fourth-order valence-electron chi connectivity index (χ4n) is 4.63. The molecule has 0 aliphatic heterocycles. The molecule has 0 bridgehead atoms. The summed E-state index contributed by atoms with van der Waals surface area (Å²) < 4.78 is 11.0. The van der Waals surface area contributed by atoms with Crippen LogP contribution in [0.5, 0.6) is 11.5 Å². The average molecular weight is 570 g/mol. The first-order chi connectivity index (χ1) is 19.1. The fourth-order valence-corrected chi connectivity index (χ4v) is 5.03. The highest BCUT2D eigenvalue weighted by Gasteiger charge is 2.26. The van der Waals surface area contributed by atoms with Crippen LogP contribution in [0.25, 0.3) is 33.7 Å². The summed E-state index contributed by atoms with van der Waals surface area (Å²) in [4.78, 5) is 29.5. The lowest BCUT2D eigenvalue weighted by Crippen LogP contribution is -2.11. The van der Waals surface area contributed by atoms with Gasteiger partial charge in [-0.3, -0.25) is 0 Å². The molecule has 200 valence electrons. The van der Waals surface area contributed by atoms with Crippen LogP contribution >= 0.6 is 23.2 Å². The second kappa shape index (κ2) is 11.1. The van der Waals surface area contributed by atoms with Gasteiger partial charge in [-0.2, -0.15) is 0 Å². The van der Waals surface area contributed by atoms with Gasteiger partial charge in [0.2, 0.25) is 0 Å². The maximum Gasteiger partial charge on any atom is 0.338 e. The predicted molar refractivity (Wildman–Crippen MR) is 161 cm³/mol. The van der Waals surface area contributed by atoms with E-state index < -0.39 is 11.9 Å². The fraction of sp³-hybridized carbons (Fsp3) is 0.121. The summed E-state index contributed by atoms with van der Waals surface area (Å²) in [5.74, 6) is -0.693. The third-order valence-corrected chi connectivity index (χ3v) is 7.13. The number of rotatable bonds is 6. The van der Waals surface area contributed by atoms with E-state index in [1.165, 1.54) is 6.07 Å². The SMILES string of the molecule is C=C(C)C(=O)Oc1ccc(C=C2CCc3c2nc2ccc(Cl)cc2c3-c2ccccc2Cl)c(OC(=O)C(=C)C)c1. The van der Waals surface area contributed by atoms with Crippen molar-refractivity contribution in [1.82, 2.24) is 4.98 Å². The number of carbonyl (C=O) groups excluding carboxylic acids is 2. The lowest BCUT2D eigenvalue weighted by Gasteiger charge is -2.15. The molecule has 0 amide bonds. The van der Waals surface area contributed by atoms with Crippen LogP contribution in [-0.2, 0) is 16.0 Å². The number of allylic oxidation sites excluding steroid dienone is 1. The molecule has 5 nitrogen and oxygen atoms in total. The Morgan fingerprint density at radius 1 is 0.900 bits per heavy atom. The molecule has 0 N–H and O–H groups in total. The summed E-state index contributed by atoms with van der Waals surface area (Å²) >= 11 is 13.1. The van der Waals surface area contributed by atoms with Crippen molar-refractivity contribution in [2.45, 2.75) is 26.7 Å². The number of benzene rings is 3. The molecular formula is C33H25Cl2NO4. The third kappa shape index (κ3) is 5.44. The van der Waals surface area contributed by atoms with Crippen LogP contribution in [0.2, 0.25) is 10.0 Å². The normalized spacial score (nSPS) is 13.2. The smallest absolute Gasteiger partial charge is 0.338 e. The zero-order valence-corrected chi connectivity index (χ0v) is 23.5. The highest BCUT2D eigenvalue weighted by Crippen LogP contribution is 2.45. The van der Waals surface area contributed by atoms with E-state index in [1.807, 2.05) is 48.5 Å². The van der Waals surface area contributed by atoms with Crippen LogP contribution in [0.4, 0.5) is 0 Å². The van der Waals surface area contributed by atoms with Gasteiger partial charge in [0.1, 0.15) is 11.5 Å². The summed E-state index contributed by atoms with van der Waals surface area (Å²) in [7, 11) is 0. The molecule has 40 heavy (non-hydrogen) atoms. The van der Waals surface area contributed by atoms with Crippen LogP contribution in [0.15, 0.2) is 85.0 Å². The Morgan fingerprint density at radius 2 is 1.62 bits per heavy atom. The van der Waals surface area contributed by atoms with Gasteiger partial charge in [0, 0.05) is 43.8 Å². The first kappa shape index (κ1) is 27.4. The summed E-state index contributed by atoms with van der Waals surface area (Å²) in [6.45, 7) is 10.4. The molecule has 0 spiro atoms. The van der Waals surface area contributed by atoms with Crippen LogP contribution < -0.4 is 9.47 Å². The summed E-state index contributed by atoms with van der Waals surface area (Å²) in [5.41, 5.74) is 6.73. The number of fused-ring (bicyclic) bond motifs is 2. The van der Waals surface area contributed by atoms with Gasteiger partial charge in [0.15, 0.2) is 0 Å². The van der Waals surface area contributed by atoms with E-state index >= 15 is 0 Å². The summed E-state index contributed by atoms with van der Waals surface area (Å²) in [5, 5.41) is 2.19. The van der Waals surface area contributed by atoms with Gasteiger partial charge < -0.3 is 9.47 Å². The molecule has 1 aromatic heterocycles. The zero-order valence-electron chi connectivity index (χ0n) is 22.0. The second-order valence-corrected chi connectivity index (χ2v) is 10.5. The number of pyridine rings is 1. The number of hydrogen-bond donors (Lipinski definition) is 0. The number of aromatic nitrogens is 1. The van der Waals surface area contributed by atoms with Crippen LogP contribution in [0, 0.1) is 0 Å². The van der Waals surface area contributed by atoms with E-state index in [-0.39, 0.29) is 22.6 Å². The van der Waals surface area contributed by atoms with Crippen LogP contribution in [0.3, 0.4) is 0 Å². The van der Waals surface area contributed by atoms with Crippen molar-refractivity contribution in [2.75, 3.05) is 0 Å². The molecule has 1 aliphatic carbocycles. The molecule has 1 heterocycles. The van der Waals surface area contributed by atoms with Crippen LogP contribution in [-0.4, -0.2) is 16.9 Å². The van der Waals surface area contributed by atoms with Crippen molar-refractivity contribution >= 4 is 57.7 Å². The predicted octanol–water partition coefficient (Wildman–Crippen LogP) is 8.66. The van der Waals surface area contributed by atoms with Gasteiger partial charge in [-0.1, -0.05) is 54.6 Å². The zero-order chi connectivity index (χ0) is 28.6. The lowest BCUT2D eigenvalue weighted by atomic mass is 9.94. The highest BCUT2D eigenvalue weighted by molar-refractivity contribution is 6.34. The molecule has 0 saturated heterocycles. The van der Waals surface area contributed by atoms with E-state index in [1.54, 1.807) is 26.0 Å². The molecule has 0 saturated carbocycles. The number of ether oxygens (including phenoxy) is 2. The molecular weight excluding hydrogens is 545 g/mol. The Kier molecular flexibility index (Phi) is 7.61. The van der Waals surface area contributed by atoms with E-state index in [4.69, 9.17) is 37.7 Å². The lowest BCUT2D eigenvalue weighted by molar-refractivity contribution is -0.130. The van der Waals surface area contributed by atoms with Crippen molar-refractivity contribution in [1.29, 1.82) is 0 Å². The molecule has 5 rings (SSSR count). The van der Waals surface area contributed by atoms with Gasteiger partial charge in [0.25, 0.3) is 0 Å². The average Bonchev–Trinajstić information content (AvgIpc) is 3.31. The standard InChI is InChI=1S/C33H25Cl2NO4/c1-18(2)32(37)39-23-12-9-20(29(17-23)40-33(38)19(3)4)15-21-10-13-25-30(24-7-5-6-8-27(24)35)26-16-22(34)11-14-28(26)36-31(21)25/h5-9,11-12,14-17H,1,3,10,13H2,2,4H3. The Balaban J connectivity index is 1.66. The molecule has 3 aromatic carbocycles. The topological polar surface area (TPSA) is 65.5 Å². The molecule has 0 unspecified atom stereocenters. The Bertz CT molecular complexity index is 1770. The van der Waals surface area contributed by atoms with Gasteiger partial charge in [-0.25, -0.2) is 14.6 Å². The number of halogens is 2. The minimum Gasteiger partial charge on any atom is -0.423 e. The van der Waals surface area contributed by atoms with Crippen molar-refractivity contribution < 1.29 is 19.1 Å². The van der Waals surface area contributed by atoms with Gasteiger partial charge >= 0.3 is 11.9 Å². The Hall–Kier alpha value is -4.19. The van der Waals surface area contributed by atoms with Crippen molar-refractivity contribution in [3.63, 3.8) is 0 Å². The van der Waals surface area contributed by atoms with E-state index in [9.17, 15) is 9.59 Å². The maximum absolute atomic E-state index is 12.4. The minimum absolute atomic E-state index is 0.230. The van der Waals surface area contributed by atoms with Crippen LogP contribution in [0.1, 0.15) is 37.1 Å². The first-order valence-corrected chi connectivity index (χ1v) is 13.4. The molecule has 0 fully saturated rings. The first-order valence-electron chi connectivity index (χ1n) is 12.6. The summed E-state index contributed by atoms with van der Waals surface area (Å²) in [6.07, 6.45) is 3.40. The van der Waals surface area contributed by atoms with Gasteiger partial charge in [0.05, 0.1) is 11.2 Å². The summed E-state index contributed by atoms with van der Waals surface area (Å²) in [6, 6.07) is 18.3. The van der Waals surface area contributed by atoms with Crippen molar-refractivity contribution in [2.24, 2.45) is 0 Å². The molecule has 7 heteroatoms. The monoisotopic (exact) mass is 569 g/mol. The van der Waals surface area contributed by atoms with Gasteiger partial charge in [-0.15, -0.1) is 0 Å². The maximum atomic E-state index is 12.4. The van der Waals surface area contributed by atoms with E-state index in [0.29, 0.717) is 22.0 Å². The number of esters is 2. The number of nitrogens with zero attached hydrogens (tertiary/aromatic N) is 1. The quantitative estimate of drug-likeness (QED) is 0.132. The second-order valence-electron chi connectivity index (χ2n) is 9.66. The molecule has 0 atom stereocenters. The Labute approximate surface area is 242 Å². The third-order valence-electron chi connectivity index (χ3n) is 6.56. The van der Waals surface area contributed by atoms with Gasteiger partial charge in [-0.05, 0) is 85.9 Å². The Morgan fingerprint density at radius 3 is 2.35 bits per heavy atom. The molecule has 1 aliphatic rings. The van der Waals surface area contributed by atoms with Crippen molar-refractivity contribution in [3.05, 3.63) is 112 Å². The van der Waals surface area contributed by atoms with E-state index in [0.717, 1.165) is 45.3 Å². The molecule has 0 radical (unpaired) electrons. The minimum atomic E-state index is -0.586. The highest BCUT2D eigenvalue weighted by atomic mass is 35.5. The largest absolute Gasteiger partial charge is 0.423 e. The van der Waals surface area contributed by atoms with Crippen molar-refractivity contribution in [3.8, 4) is 22.6 Å². The number of carbonyl (C=O) groups is 2.